The number of hydrogen-bond donors (Lipinski definition) is 1. The molecule has 0 spiro atoms. The van der Waals surface area contributed by atoms with E-state index in [1.165, 1.54) is 0 Å². The number of nitrogens with zero attached hydrogens (tertiary/aromatic N) is 2. The second kappa shape index (κ2) is 7.56. The first kappa shape index (κ1) is 17.8. The number of fused-ring (bicyclic) bond motifs is 1. The third-order valence-corrected chi connectivity index (χ3v) is 4.74. The smallest absolute Gasteiger partial charge is 0.303 e. The number of ether oxygens (including phenoxy) is 1. The van der Waals surface area contributed by atoms with Crippen molar-refractivity contribution in [3.05, 3.63) is 78.6 Å². The van der Waals surface area contributed by atoms with E-state index in [1.54, 1.807) is 7.11 Å². The SMILES string of the molecule is COc1cccc(-c2nc3ccc(-c4ccccc4)cn3c2CCC(=O)O)c1. The molecule has 5 heteroatoms. The summed E-state index contributed by atoms with van der Waals surface area (Å²) in [4.78, 5) is 16.0. The van der Waals surface area contributed by atoms with E-state index in [-0.39, 0.29) is 6.42 Å². The molecule has 0 radical (unpaired) electrons. The predicted molar refractivity (Wildman–Crippen MR) is 109 cm³/mol. The largest absolute Gasteiger partial charge is 0.497 e. The van der Waals surface area contributed by atoms with Crippen molar-refractivity contribution < 1.29 is 14.6 Å². The molecule has 0 saturated carbocycles. The normalized spacial score (nSPS) is 10.9. The maximum Gasteiger partial charge on any atom is 0.303 e. The Hall–Kier alpha value is -3.60. The zero-order valence-corrected chi connectivity index (χ0v) is 15.5. The molecule has 0 aliphatic rings. The van der Waals surface area contributed by atoms with E-state index < -0.39 is 5.97 Å². The molecular weight excluding hydrogens is 352 g/mol. The lowest BCUT2D eigenvalue weighted by Crippen LogP contribution is -2.02. The Morgan fingerprint density at radius 2 is 1.79 bits per heavy atom. The van der Waals surface area contributed by atoms with Crippen molar-refractivity contribution >= 4 is 11.6 Å². The van der Waals surface area contributed by atoms with E-state index in [9.17, 15) is 9.90 Å². The van der Waals surface area contributed by atoms with E-state index in [0.717, 1.165) is 39.5 Å². The minimum atomic E-state index is -0.828. The van der Waals surface area contributed by atoms with Crippen LogP contribution in [0.5, 0.6) is 5.75 Å². The summed E-state index contributed by atoms with van der Waals surface area (Å²) in [7, 11) is 1.63. The van der Waals surface area contributed by atoms with Gasteiger partial charge in [0.05, 0.1) is 24.9 Å². The summed E-state index contributed by atoms with van der Waals surface area (Å²) < 4.78 is 7.34. The Balaban J connectivity index is 1.88. The van der Waals surface area contributed by atoms with Crippen molar-refractivity contribution in [2.24, 2.45) is 0 Å². The molecule has 2 aromatic heterocycles. The van der Waals surface area contributed by atoms with Gasteiger partial charge in [-0.05, 0) is 35.4 Å². The summed E-state index contributed by atoms with van der Waals surface area (Å²) in [5.41, 5.74) is 5.51. The van der Waals surface area contributed by atoms with Crippen molar-refractivity contribution in [2.45, 2.75) is 12.8 Å². The summed E-state index contributed by atoms with van der Waals surface area (Å²) in [5.74, 6) is -0.0885. The van der Waals surface area contributed by atoms with Gasteiger partial charge >= 0.3 is 5.97 Å². The maximum absolute atomic E-state index is 11.2. The molecule has 1 N–H and O–H groups in total. The van der Waals surface area contributed by atoms with E-state index in [4.69, 9.17) is 9.72 Å². The fraction of sp³-hybridized carbons (Fsp3) is 0.130. The maximum atomic E-state index is 11.2. The number of aryl methyl sites for hydroxylation is 1. The Kier molecular flexibility index (Phi) is 4.81. The number of pyridine rings is 1. The quantitative estimate of drug-likeness (QED) is 0.533. The number of aromatic nitrogens is 2. The van der Waals surface area contributed by atoms with Crippen LogP contribution >= 0.6 is 0 Å². The van der Waals surface area contributed by atoms with Gasteiger partial charge in [-0.2, -0.15) is 0 Å². The zero-order chi connectivity index (χ0) is 19.5. The Morgan fingerprint density at radius 3 is 2.54 bits per heavy atom. The number of imidazole rings is 1. The van der Waals surface area contributed by atoms with Gasteiger partial charge in [0.1, 0.15) is 11.4 Å². The van der Waals surface area contributed by atoms with Gasteiger partial charge in [-0.3, -0.25) is 4.79 Å². The van der Waals surface area contributed by atoms with E-state index in [1.807, 2.05) is 65.2 Å². The highest BCUT2D eigenvalue weighted by molar-refractivity contribution is 5.72. The monoisotopic (exact) mass is 372 g/mol. The second-order valence-electron chi connectivity index (χ2n) is 6.54. The summed E-state index contributed by atoms with van der Waals surface area (Å²) in [6, 6.07) is 21.8. The molecule has 2 heterocycles. The summed E-state index contributed by atoms with van der Waals surface area (Å²) >= 11 is 0. The Morgan fingerprint density at radius 1 is 1.00 bits per heavy atom. The van der Waals surface area contributed by atoms with Gasteiger partial charge in [0.2, 0.25) is 0 Å². The van der Waals surface area contributed by atoms with Gasteiger partial charge in [-0.1, -0.05) is 42.5 Å². The van der Waals surface area contributed by atoms with Crippen LogP contribution in [-0.2, 0) is 11.2 Å². The highest BCUT2D eigenvalue weighted by Crippen LogP contribution is 2.30. The van der Waals surface area contributed by atoms with Crippen LogP contribution in [0.4, 0.5) is 0 Å². The zero-order valence-electron chi connectivity index (χ0n) is 15.5. The summed E-state index contributed by atoms with van der Waals surface area (Å²) in [5, 5.41) is 9.21. The summed E-state index contributed by atoms with van der Waals surface area (Å²) in [6.45, 7) is 0. The number of carbonyl (C=O) groups is 1. The van der Waals surface area contributed by atoms with Gasteiger partial charge in [0.25, 0.3) is 0 Å². The molecule has 4 rings (SSSR count). The van der Waals surface area contributed by atoms with Crippen molar-refractivity contribution in [1.82, 2.24) is 9.38 Å². The average Bonchev–Trinajstić information content (AvgIpc) is 3.10. The van der Waals surface area contributed by atoms with Gasteiger partial charge in [-0.15, -0.1) is 0 Å². The number of aliphatic carboxylic acids is 1. The Bertz CT molecular complexity index is 1130. The Labute approximate surface area is 162 Å². The topological polar surface area (TPSA) is 63.8 Å². The molecule has 0 bridgehead atoms. The third-order valence-electron chi connectivity index (χ3n) is 4.74. The number of hydrogen-bond acceptors (Lipinski definition) is 3. The van der Waals surface area contributed by atoms with E-state index in [2.05, 4.69) is 12.1 Å². The predicted octanol–water partition coefficient (Wildman–Crippen LogP) is 4.69. The lowest BCUT2D eigenvalue weighted by molar-refractivity contribution is -0.136. The molecule has 0 aliphatic heterocycles. The first-order valence-electron chi connectivity index (χ1n) is 9.08. The lowest BCUT2D eigenvalue weighted by atomic mass is 10.1. The van der Waals surface area contributed by atoms with Crippen LogP contribution in [-0.4, -0.2) is 27.6 Å². The molecule has 0 atom stereocenters. The van der Waals surface area contributed by atoms with Gasteiger partial charge < -0.3 is 14.2 Å². The highest BCUT2D eigenvalue weighted by Gasteiger charge is 2.16. The molecule has 5 nitrogen and oxygen atoms in total. The molecule has 0 unspecified atom stereocenters. The number of rotatable bonds is 6. The molecule has 0 saturated heterocycles. The molecule has 2 aromatic carbocycles. The van der Waals surface area contributed by atoms with Crippen molar-refractivity contribution in [1.29, 1.82) is 0 Å². The lowest BCUT2D eigenvalue weighted by Gasteiger charge is -2.07. The van der Waals surface area contributed by atoms with Gasteiger partial charge in [-0.25, -0.2) is 4.98 Å². The number of carboxylic acids is 1. The first-order chi connectivity index (χ1) is 13.7. The van der Waals surface area contributed by atoms with Crippen molar-refractivity contribution in [3.8, 4) is 28.1 Å². The van der Waals surface area contributed by atoms with Crippen molar-refractivity contribution in [2.75, 3.05) is 7.11 Å². The molecule has 28 heavy (non-hydrogen) atoms. The molecular formula is C23H20N2O3. The minimum absolute atomic E-state index is 0.0420. The molecule has 4 aromatic rings. The molecule has 140 valence electrons. The van der Waals surface area contributed by atoms with E-state index in [0.29, 0.717) is 6.42 Å². The van der Waals surface area contributed by atoms with Crippen LogP contribution in [0.1, 0.15) is 12.1 Å². The molecule has 0 amide bonds. The standard InChI is InChI=1S/C23H20N2O3/c1-28-19-9-5-8-17(14-19)23-20(11-13-22(26)27)25-15-18(10-12-21(25)24-23)16-6-3-2-4-7-16/h2-10,12,14-15H,11,13H2,1H3,(H,26,27). The minimum Gasteiger partial charge on any atom is -0.497 e. The fourth-order valence-corrected chi connectivity index (χ4v) is 3.36. The fourth-order valence-electron chi connectivity index (χ4n) is 3.36. The van der Waals surface area contributed by atoms with Gasteiger partial charge in [0.15, 0.2) is 0 Å². The molecule has 0 fully saturated rings. The highest BCUT2D eigenvalue weighted by atomic mass is 16.5. The van der Waals surface area contributed by atoms with Crippen LogP contribution in [0, 0.1) is 0 Å². The number of benzene rings is 2. The number of carboxylic acid groups (broad SMARTS) is 1. The summed E-state index contributed by atoms with van der Waals surface area (Å²) in [6.07, 6.45) is 2.46. The van der Waals surface area contributed by atoms with Crippen LogP contribution in [0.3, 0.4) is 0 Å². The number of methoxy groups -OCH3 is 1. The van der Waals surface area contributed by atoms with Crippen LogP contribution in [0.15, 0.2) is 72.9 Å². The average molecular weight is 372 g/mol. The van der Waals surface area contributed by atoms with Crippen LogP contribution < -0.4 is 4.74 Å². The van der Waals surface area contributed by atoms with Crippen LogP contribution in [0.25, 0.3) is 28.0 Å². The van der Waals surface area contributed by atoms with Gasteiger partial charge in [0, 0.05) is 18.2 Å². The first-order valence-corrected chi connectivity index (χ1v) is 9.08. The van der Waals surface area contributed by atoms with E-state index >= 15 is 0 Å². The molecule has 0 aliphatic carbocycles. The third kappa shape index (κ3) is 3.47. The van der Waals surface area contributed by atoms with Crippen molar-refractivity contribution in [3.63, 3.8) is 0 Å². The second-order valence-corrected chi connectivity index (χ2v) is 6.54. The van der Waals surface area contributed by atoms with Crippen LogP contribution in [0.2, 0.25) is 0 Å².